The van der Waals surface area contributed by atoms with Gasteiger partial charge in [0.2, 0.25) is 5.88 Å². The molecule has 1 aromatic heterocycles. The van der Waals surface area contributed by atoms with Crippen LogP contribution in [0.4, 0.5) is 4.39 Å². The minimum absolute atomic E-state index is 0.357. The van der Waals surface area contributed by atoms with Crippen LogP contribution in [0.2, 0.25) is 0 Å². The Morgan fingerprint density at radius 1 is 0.968 bits per heavy atom. The van der Waals surface area contributed by atoms with Crippen molar-refractivity contribution in [2.45, 2.75) is 13.1 Å². The van der Waals surface area contributed by atoms with Crippen molar-refractivity contribution in [2.75, 3.05) is 21.3 Å². The first-order chi connectivity index (χ1) is 15.1. The quantitative estimate of drug-likeness (QED) is 0.422. The molecule has 0 spiro atoms. The lowest BCUT2D eigenvalue weighted by Gasteiger charge is -2.14. The van der Waals surface area contributed by atoms with Crippen LogP contribution in [0, 0.1) is 5.82 Å². The van der Waals surface area contributed by atoms with Crippen LogP contribution in [0.5, 0.6) is 23.1 Å². The fourth-order valence-electron chi connectivity index (χ4n) is 2.81. The third-order valence-electron chi connectivity index (χ3n) is 4.44. The highest BCUT2D eigenvalue weighted by Crippen LogP contribution is 2.24. The monoisotopic (exact) mass is 424 g/mol. The van der Waals surface area contributed by atoms with Crippen molar-refractivity contribution in [3.63, 3.8) is 0 Å². The molecular formula is C23H25FN4O3. The molecule has 0 aliphatic rings. The first kappa shape index (κ1) is 21.9. The Bertz CT molecular complexity index is 1030. The molecule has 7 nitrogen and oxygen atoms in total. The van der Waals surface area contributed by atoms with Gasteiger partial charge in [0.15, 0.2) is 5.96 Å². The van der Waals surface area contributed by atoms with Gasteiger partial charge in [-0.15, -0.1) is 0 Å². The summed E-state index contributed by atoms with van der Waals surface area (Å²) in [6.45, 7) is 1.05. The van der Waals surface area contributed by atoms with Gasteiger partial charge in [-0.3, -0.25) is 4.99 Å². The van der Waals surface area contributed by atoms with Crippen LogP contribution in [-0.4, -0.2) is 32.2 Å². The number of hydrogen-bond acceptors (Lipinski definition) is 5. The Labute approximate surface area is 180 Å². The fourth-order valence-corrected chi connectivity index (χ4v) is 2.81. The topological polar surface area (TPSA) is 77.0 Å². The van der Waals surface area contributed by atoms with Crippen molar-refractivity contribution in [2.24, 2.45) is 4.99 Å². The Balaban J connectivity index is 1.52. The highest BCUT2D eigenvalue weighted by atomic mass is 19.1. The Kier molecular flexibility index (Phi) is 7.64. The van der Waals surface area contributed by atoms with Crippen LogP contribution in [-0.2, 0) is 13.1 Å². The minimum atomic E-state index is -0.357. The summed E-state index contributed by atoms with van der Waals surface area (Å²) in [5.74, 6) is 2.55. The highest BCUT2D eigenvalue weighted by molar-refractivity contribution is 5.79. The molecule has 0 amide bonds. The van der Waals surface area contributed by atoms with Gasteiger partial charge >= 0.3 is 0 Å². The number of pyridine rings is 1. The number of aromatic nitrogens is 1. The zero-order chi connectivity index (χ0) is 22.1. The number of rotatable bonds is 8. The second kappa shape index (κ2) is 10.8. The van der Waals surface area contributed by atoms with E-state index >= 15 is 0 Å². The fraction of sp³-hybridized carbons (Fsp3) is 0.217. The van der Waals surface area contributed by atoms with E-state index in [0.717, 1.165) is 22.6 Å². The largest absolute Gasteiger partial charge is 0.497 e. The van der Waals surface area contributed by atoms with Crippen molar-refractivity contribution >= 4 is 5.96 Å². The van der Waals surface area contributed by atoms with Crippen LogP contribution in [0.3, 0.4) is 0 Å². The molecule has 0 fully saturated rings. The number of guanidine groups is 1. The lowest BCUT2D eigenvalue weighted by molar-refractivity contribution is 0.390. The van der Waals surface area contributed by atoms with Gasteiger partial charge in [0.25, 0.3) is 0 Å². The van der Waals surface area contributed by atoms with E-state index in [4.69, 9.17) is 14.2 Å². The maximum absolute atomic E-state index is 13.3. The SMILES string of the molecule is CN=C(NCc1ccc(Oc2cccc(F)c2)nc1)NCc1ccc(OC)cc1OC. The molecule has 2 N–H and O–H groups in total. The van der Waals surface area contributed by atoms with Crippen LogP contribution in [0.1, 0.15) is 11.1 Å². The number of methoxy groups -OCH3 is 2. The molecule has 2 aromatic carbocycles. The first-order valence-corrected chi connectivity index (χ1v) is 9.65. The predicted molar refractivity (Wildman–Crippen MR) is 117 cm³/mol. The van der Waals surface area contributed by atoms with Crippen molar-refractivity contribution < 1.29 is 18.6 Å². The molecule has 0 atom stereocenters. The molecule has 0 saturated heterocycles. The van der Waals surface area contributed by atoms with Gasteiger partial charge in [-0.25, -0.2) is 9.37 Å². The van der Waals surface area contributed by atoms with Crippen molar-refractivity contribution in [3.05, 3.63) is 77.7 Å². The van der Waals surface area contributed by atoms with Gasteiger partial charge in [0.1, 0.15) is 23.1 Å². The molecule has 3 aromatic rings. The molecule has 0 radical (unpaired) electrons. The third-order valence-corrected chi connectivity index (χ3v) is 4.44. The number of nitrogens with one attached hydrogen (secondary N) is 2. The average molecular weight is 424 g/mol. The lowest BCUT2D eigenvalue weighted by Crippen LogP contribution is -2.36. The van der Waals surface area contributed by atoms with E-state index in [9.17, 15) is 4.39 Å². The zero-order valence-corrected chi connectivity index (χ0v) is 17.7. The Morgan fingerprint density at radius 3 is 2.48 bits per heavy atom. The summed E-state index contributed by atoms with van der Waals surface area (Å²) in [4.78, 5) is 8.50. The molecular weight excluding hydrogens is 399 g/mol. The summed E-state index contributed by atoms with van der Waals surface area (Å²) in [5.41, 5.74) is 1.92. The molecule has 0 aliphatic heterocycles. The third kappa shape index (κ3) is 6.33. The van der Waals surface area contributed by atoms with Crippen molar-refractivity contribution in [3.8, 4) is 23.1 Å². The summed E-state index contributed by atoms with van der Waals surface area (Å²) in [5, 5.41) is 6.49. The smallest absolute Gasteiger partial charge is 0.219 e. The molecule has 0 unspecified atom stereocenters. The van der Waals surface area contributed by atoms with E-state index < -0.39 is 0 Å². The van der Waals surface area contributed by atoms with E-state index in [1.54, 1.807) is 45.7 Å². The average Bonchev–Trinajstić information content (AvgIpc) is 2.80. The molecule has 0 bridgehead atoms. The van der Waals surface area contributed by atoms with E-state index in [-0.39, 0.29) is 5.82 Å². The number of hydrogen-bond donors (Lipinski definition) is 2. The maximum atomic E-state index is 13.3. The normalized spacial score (nSPS) is 11.0. The lowest BCUT2D eigenvalue weighted by atomic mass is 10.2. The minimum Gasteiger partial charge on any atom is -0.497 e. The highest BCUT2D eigenvalue weighted by Gasteiger charge is 2.07. The number of ether oxygens (including phenoxy) is 3. The van der Waals surface area contributed by atoms with Gasteiger partial charge in [0, 0.05) is 50.1 Å². The van der Waals surface area contributed by atoms with Gasteiger partial charge < -0.3 is 24.8 Å². The van der Waals surface area contributed by atoms with Crippen molar-refractivity contribution in [1.29, 1.82) is 0 Å². The predicted octanol–water partition coefficient (Wildman–Crippen LogP) is 3.90. The summed E-state index contributed by atoms with van der Waals surface area (Å²) in [7, 11) is 4.95. The summed E-state index contributed by atoms with van der Waals surface area (Å²) in [6, 6.07) is 15.2. The van der Waals surface area contributed by atoms with E-state index in [2.05, 4.69) is 20.6 Å². The van der Waals surface area contributed by atoms with E-state index in [1.165, 1.54) is 12.1 Å². The van der Waals surface area contributed by atoms with Crippen molar-refractivity contribution in [1.82, 2.24) is 15.6 Å². The number of nitrogens with zero attached hydrogens (tertiary/aromatic N) is 2. The summed E-state index contributed by atoms with van der Waals surface area (Å²) in [6.07, 6.45) is 1.70. The number of aliphatic imine (C=N–C) groups is 1. The molecule has 8 heteroatoms. The summed E-state index contributed by atoms with van der Waals surface area (Å²) >= 11 is 0. The molecule has 162 valence electrons. The van der Waals surface area contributed by atoms with E-state index in [1.807, 2.05) is 24.3 Å². The van der Waals surface area contributed by atoms with Gasteiger partial charge in [0.05, 0.1) is 14.2 Å². The van der Waals surface area contributed by atoms with Gasteiger partial charge in [-0.2, -0.15) is 0 Å². The Hall–Kier alpha value is -3.81. The van der Waals surface area contributed by atoms with Gasteiger partial charge in [-0.05, 0) is 29.8 Å². The van der Waals surface area contributed by atoms with Gasteiger partial charge in [-0.1, -0.05) is 12.1 Å². The van der Waals surface area contributed by atoms with Crippen LogP contribution in [0.15, 0.2) is 65.8 Å². The molecule has 3 rings (SSSR count). The molecule has 0 aliphatic carbocycles. The Morgan fingerprint density at radius 2 is 1.81 bits per heavy atom. The molecule has 1 heterocycles. The zero-order valence-electron chi connectivity index (χ0n) is 17.7. The maximum Gasteiger partial charge on any atom is 0.219 e. The first-order valence-electron chi connectivity index (χ1n) is 9.65. The van der Waals surface area contributed by atoms with Crippen LogP contribution >= 0.6 is 0 Å². The second-order valence-electron chi connectivity index (χ2n) is 6.52. The number of benzene rings is 2. The van der Waals surface area contributed by atoms with E-state index in [0.29, 0.717) is 30.7 Å². The standard InChI is InChI=1S/C23H25FN4O3/c1-25-23(28-15-17-8-9-19(29-2)12-21(17)30-3)27-14-16-7-10-22(26-13-16)31-20-6-4-5-18(24)11-20/h4-13H,14-15H2,1-3H3,(H2,25,27,28). The number of halogens is 1. The molecule has 31 heavy (non-hydrogen) atoms. The van der Waals surface area contributed by atoms with Crippen LogP contribution in [0.25, 0.3) is 0 Å². The molecule has 0 saturated carbocycles. The van der Waals surface area contributed by atoms with Crippen LogP contribution < -0.4 is 24.8 Å². The summed E-state index contributed by atoms with van der Waals surface area (Å²) < 4.78 is 29.5. The second-order valence-corrected chi connectivity index (χ2v) is 6.52.